The van der Waals surface area contributed by atoms with E-state index in [1.165, 1.54) is 32.4 Å². The van der Waals surface area contributed by atoms with Crippen LogP contribution in [0.1, 0.15) is 18.1 Å². The number of methoxy groups -OCH3 is 2. The van der Waals surface area contributed by atoms with E-state index < -0.39 is 16.0 Å². The van der Waals surface area contributed by atoms with Gasteiger partial charge in [-0.25, -0.2) is 13.2 Å². The number of nitrogens with one attached hydrogen (secondary N) is 1. The fourth-order valence-corrected chi connectivity index (χ4v) is 3.74. The van der Waals surface area contributed by atoms with Crippen molar-refractivity contribution < 1.29 is 27.8 Å². The van der Waals surface area contributed by atoms with Gasteiger partial charge < -0.3 is 14.6 Å². The van der Waals surface area contributed by atoms with Gasteiger partial charge in [0, 0.05) is 11.8 Å². The number of hydrogen-bond donors (Lipinski definition) is 2. The summed E-state index contributed by atoms with van der Waals surface area (Å²) in [6, 6.07) is 9.88. The van der Waals surface area contributed by atoms with E-state index in [4.69, 9.17) is 14.6 Å². The van der Waals surface area contributed by atoms with Gasteiger partial charge in [-0.05, 0) is 47.9 Å². The van der Waals surface area contributed by atoms with E-state index in [-0.39, 0.29) is 16.4 Å². The van der Waals surface area contributed by atoms with Crippen LogP contribution in [-0.4, -0.2) is 33.7 Å². The first-order valence-electron chi connectivity index (χ1n) is 8.09. The topological polar surface area (TPSA) is 102 Å². The number of benzene rings is 2. The predicted octanol–water partition coefficient (Wildman–Crippen LogP) is 3.16. The van der Waals surface area contributed by atoms with E-state index in [0.29, 0.717) is 11.3 Å². The normalized spacial score (nSPS) is 11.4. The summed E-state index contributed by atoms with van der Waals surface area (Å²) in [5, 5.41) is 8.80. The standard InChI is InChI=1S/C19H21NO6S/c1-4-13-6-5-7-15(10-13)20-27(23,24)17-12-14(8-9-18(21)22)11-16(25-2)19(17)26-3/h5-12,20H,4H2,1-3H3,(H,21,22)/b9-8+. The van der Waals surface area contributed by atoms with Crippen molar-refractivity contribution in [3.8, 4) is 11.5 Å². The van der Waals surface area contributed by atoms with Gasteiger partial charge in [-0.3, -0.25) is 4.72 Å². The Labute approximate surface area is 158 Å². The molecule has 2 aromatic rings. The zero-order chi connectivity index (χ0) is 20.0. The quantitative estimate of drug-likeness (QED) is 0.670. The van der Waals surface area contributed by atoms with Gasteiger partial charge in [0.1, 0.15) is 4.90 Å². The number of aliphatic carboxylic acids is 1. The lowest BCUT2D eigenvalue weighted by molar-refractivity contribution is -0.131. The number of sulfonamides is 1. The van der Waals surface area contributed by atoms with Crippen LogP contribution in [0, 0.1) is 0 Å². The van der Waals surface area contributed by atoms with Crippen molar-refractivity contribution in [3.63, 3.8) is 0 Å². The molecule has 8 heteroatoms. The molecular formula is C19H21NO6S. The minimum absolute atomic E-state index is 0.0316. The molecule has 0 heterocycles. The van der Waals surface area contributed by atoms with E-state index in [2.05, 4.69) is 4.72 Å². The second-order valence-electron chi connectivity index (χ2n) is 5.59. The highest BCUT2D eigenvalue weighted by molar-refractivity contribution is 7.92. The van der Waals surface area contributed by atoms with Crippen LogP contribution in [0.15, 0.2) is 47.4 Å². The van der Waals surface area contributed by atoms with Crippen molar-refractivity contribution in [3.05, 3.63) is 53.6 Å². The number of rotatable bonds is 8. The smallest absolute Gasteiger partial charge is 0.328 e. The third-order valence-corrected chi connectivity index (χ3v) is 5.15. The van der Waals surface area contributed by atoms with Crippen LogP contribution in [0.4, 0.5) is 5.69 Å². The zero-order valence-electron chi connectivity index (χ0n) is 15.2. The number of anilines is 1. The summed E-state index contributed by atoms with van der Waals surface area (Å²) >= 11 is 0. The number of hydrogen-bond acceptors (Lipinski definition) is 5. The summed E-state index contributed by atoms with van der Waals surface area (Å²) in [5.74, 6) is -0.944. The molecule has 0 amide bonds. The van der Waals surface area contributed by atoms with Crippen LogP contribution in [0.5, 0.6) is 11.5 Å². The second kappa shape index (κ2) is 8.59. The van der Waals surface area contributed by atoms with Gasteiger partial charge in [0.2, 0.25) is 0 Å². The van der Waals surface area contributed by atoms with Crippen molar-refractivity contribution in [1.29, 1.82) is 0 Å². The van der Waals surface area contributed by atoms with Crippen LogP contribution in [0.2, 0.25) is 0 Å². The van der Waals surface area contributed by atoms with Crippen molar-refractivity contribution in [2.75, 3.05) is 18.9 Å². The van der Waals surface area contributed by atoms with Crippen LogP contribution in [-0.2, 0) is 21.2 Å². The molecule has 0 aromatic heterocycles. The Balaban J connectivity index is 2.55. The van der Waals surface area contributed by atoms with E-state index in [1.54, 1.807) is 18.2 Å². The number of carbonyl (C=O) groups is 1. The minimum Gasteiger partial charge on any atom is -0.493 e. The molecule has 27 heavy (non-hydrogen) atoms. The van der Waals surface area contributed by atoms with Gasteiger partial charge >= 0.3 is 5.97 Å². The van der Waals surface area contributed by atoms with Crippen LogP contribution in [0.25, 0.3) is 6.08 Å². The van der Waals surface area contributed by atoms with E-state index in [0.717, 1.165) is 18.1 Å². The summed E-state index contributed by atoms with van der Waals surface area (Å²) in [5.41, 5.74) is 1.75. The minimum atomic E-state index is -4.01. The molecule has 2 aromatic carbocycles. The molecule has 0 saturated heterocycles. The molecule has 0 aliphatic carbocycles. The summed E-state index contributed by atoms with van der Waals surface area (Å²) in [4.78, 5) is 10.6. The van der Waals surface area contributed by atoms with Gasteiger partial charge in [0.05, 0.1) is 14.2 Å². The van der Waals surface area contributed by atoms with Gasteiger partial charge in [-0.15, -0.1) is 0 Å². The first-order valence-corrected chi connectivity index (χ1v) is 9.57. The molecule has 0 unspecified atom stereocenters. The average Bonchev–Trinajstić information content (AvgIpc) is 2.65. The number of ether oxygens (including phenoxy) is 2. The van der Waals surface area contributed by atoms with Gasteiger partial charge in [-0.2, -0.15) is 0 Å². The largest absolute Gasteiger partial charge is 0.493 e. The third kappa shape index (κ3) is 5.01. The first kappa shape index (κ1) is 20.3. The fourth-order valence-electron chi connectivity index (χ4n) is 2.48. The molecule has 144 valence electrons. The zero-order valence-corrected chi connectivity index (χ0v) is 16.0. The molecule has 0 fully saturated rings. The molecule has 0 aliphatic rings. The third-order valence-electron chi connectivity index (χ3n) is 3.76. The Morgan fingerprint density at radius 3 is 2.52 bits per heavy atom. The Kier molecular flexibility index (Phi) is 6.46. The molecule has 0 spiro atoms. The average molecular weight is 391 g/mol. The first-order chi connectivity index (χ1) is 12.8. The number of carboxylic acid groups (broad SMARTS) is 1. The molecule has 2 N–H and O–H groups in total. The van der Waals surface area contributed by atoms with Gasteiger partial charge in [-0.1, -0.05) is 19.1 Å². The highest BCUT2D eigenvalue weighted by Crippen LogP contribution is 2.37. The van der Waals surface area contributed by atoms with Crippen LogP contribution >= 0.6 is 0 Å². The molecular weight excluding hydrogens is 370 g/mol. The predicted molar refractivity (Wildman–Crippen MR) is 103 cm³/mol. The maximum Gasteiger partial charge on any atom is 0.328 e. The van der Waals surface area contributed by atoms with E-state index in [1.807, 2.05) is 13.0 Å². The van der Waals surface area contributed by atoms with Crippen molar-refractivity contribution >= 4 is 27.8 Å². The van der Waals surface area contributed by atoms with Gasteiger partial charge in [0.15, 0.2) is 11.5 Å². The summed E-state index contributed by atoms with van der Waals surface area (Å²) < 4.78 is 38.9. The maximum atomic E-state index is 13.0. The molecule has 0 aliphatic heterocycles. The lowest BCUT2D eigenvalue weighted by atomic mass is 10.1. The number of carboxylic acids is 1. The Morgan fingerprint density at radius 1 is 1.19 bits per heavy atom. The summed E-state index contributed by atoms with van der Waals surface area (Å²) in [7, 11) is -1.30. The van der Waals surface area contributed by atoms with Crippen LogP contribution in [0.3, 0.4) is 0 Å². The molecule has 0 atom stereocenters. The SMILES string of the molecule is CCc1cccc(NS(=O)(=O)c2cc(/C=C/C(=O)O)cc(OC)c2OC)c1. The Hall–Kier alpha value is -3.00. The fraction of sp³-hybridized carbons (Fsp3) is 0.211. The second-order valence-corrected chi connectivity index (χ2v) is 7.24. The molecule has 2 rings (SSSR count). The summed E-state index contributed by atoms with van der Waals surface area (Å²) in [6.45, 7) is 1.97. The van der Waals surface area contributed by atoms with E-state index in [9.17, 15) is 13.2 Å². The lowest BCUT2D eigenvalue weighted by Crippen LogP contribution is -2.15. The van der Waals surface area contributed by atoms with Crippen LogP contribution < -0.4 is 14.2 Å². The highest BCUT2D eigenvalue weighted by atomic mass is 32.2. The van der Waals surface area contributed by atoms with E-state index >= 15 is 0 Å². The summed E-state index contributed by atoms with van der Waals surface area (Å²) in [6.07, 6.45) is 2.96. The molecule has 0 bridgehead atoms. The van der Waals surface area contributed by atoms with Crippen molar-refractivity contribution in [1.82, 2.24) is 0 Å². The Morgan fingerprint density at radius 2 is 1.93 bits per heavy atom. The molecule has 0 saturated carbocycles. The number of aryl methyl sites for hydroxylation is 1. The van der Waals surface area contributed by atoms with Crippen molar-refractivity contribution in [2.45, 2.75) is 18.2 Å². The lowest BCUT2D eigenvalue weighted by Gasteiger charge is -2.16. The Bertz CT molecular complexity index is 966. The van der Waals surface area contributed by atoms with Gasteiger partial charge in [0.25, 0.3) is 10.0 Å². The molecule has 0 radical (unpaired) electrons. The highest BCUT2D eigenvalue weighted by Gasteiger charge is 2.24. The molecule has 7 nitrogen and oxygen atoms in total. The maximum absolute atomic E-state index is 13.0. The monoisotopic (exact) mass is 391 g/mol. The van der Waals surface area contributed by atoms with Crippen molar-refractivity contribution in [2.24, 2.45) is 0 Å².